The van der Waals surface area contributed by atoms with Crippen molar-refractivity contribution in [2.24, 2.45) is 5.92 Å². The van der Waals surface area contributed by atoms with Crippen molar-refractivity contribution in [3.8, 4) is 11.3 Å². The Hall–Kier alpha value is -3.01. The second-order valence-electron chi connectivity index (χ2n) is 6.73. The molecule has 0 unspecified atom stereocenters. The highest BCUT2D eigenvalue weighted by Gasteiger charge is 2.13. The van der Waals surface area contributed by atoms with Crippen LogP contribution in [0, 0.1) is 5.92 Å². The van der Waals surface area contributed by atoms with Gasteiger partial charge in [-0.25, -0.2) is 9.97 Å². The van der Waals surface area contributed by atoms with Gasteiger partial charge in [-0.2, -0.15) is 0 Å². The van der Waals surface area contributed by atoms with E-state index in [1.54, 1.807) is 6.20 Å². The molecule has 1 aromatic heterocycles. The van der Waals surface area contributed by atoms with Crippen molar-refractivity contribution < 1.29 is 4.79 Å². The average Bonchev–Trinajstić information content (AvgIpc) is 2.64. The summed E-state index contributed by atoms with van der Waals surface area (Å²) in [5.74, 6) is 0.805. The fraction of sp³-hybridized carbons (Fsp3) is 0.227. The summed E-state index contributed by atoms with van der Waals surface area (Å²) in [6.45, 7) is 4.04. The van der Waals surface area contributed by atoms with Crippen LogP contribution in [0.25, 0.3) is 11.3 Å². The van der Waals surface area contributed by atoms with Gasteiger partial charge in [-0.3, -0.25) is 4.79 Å². The van der Waals surface area contributed by atoms with Crippen molar-refractivity contribution >= 4 is 11.7 Å². The summed E-state index contributed by atoms with van der Waals surface area (Å²) in [6.07, 6.45) is 2.80. The van der Waals surface area contributed by atoms with Gasteiger partial charge < -0.3 is 5.32 Å². The molecule has 2 aromatic carbocycles. The molecule has 1 amide bonds. The summed E-state index contributed by atoms with van der Waals surface area (Å²) >= 11 is 0. The zero-order chi connectivity index (χ0) is 18.4. The van der Waals surface area contributed by atoms with Gasteiger partial charge in [0.2, 0.25) is 5.91 Å². The molecule has 132 valence electrons. The number of nitrogens with zero attached hydrogens (tertiary/aromatic N) is 2. The van der Waals surface area contributed by atoms with Crippen LogP contribution < -0.4 is 5.32 Å². The van der Waals surface area contributed by atoms with Gasteiger partial charge in [-0.1, -0.05) is 74.5 Å². The molecule has 0 saturated heterocycles. The first kappa shape index (κ1) is 17.8. The summed E-state index contributed by atoms with van der Waals surface area (Å²) in [6, 6.07) is 20.0. The zero-order valence-electron chi connectivity index (χ0n) is 15.1. The predicted molar refractivity (Wildman–Crippen MR) is 105 cm³/mol. The molecule has 0 atom stereocenters. The van der Waals surface area contributed by atoms with Gasteiger partial charge in [0.05, 0.1) is 17.6 Å². The largest absolute Gasteiger partial charge is 0.309 e. The summed E-state index contributed by atoms with van der Waals surface area (Å²) < 4.78 is 0. The molecule has 3 aromatic rings. The van der Waals surface area contributed by atoms with Gasteiger partial charge in [0.15, 0.2) is 5.82 Å². The van der Waals surface area contributed by atoms with Crippen molar-refractivity contribution in [2.75, 3.05) is 5.32 Å². The molecule has 1 heterocycles. The maximum absolute atomic E-state index is 12.2. The molecule has 3 rings (SSSR count). The third-order valence-electron chi connectivity index (χ3n) is 3.98. The lowest BCUT2D eigenvalue weighted by molar-refractivity contribution is -0.116. The minimum Gasteiger partial charge on any atom is -0.309 e. The van der Waals surface area contributed by atoms with Crippen LogP contribution >= 0.6 is 0 Å². The Balaban J connectivity index is 1.93. The van der Waals surface area contributed by atoms with Crippen molar-refractivity contribution in [1.82, 2.24) is 9.97 Å². The van der Waals surface area contributed by atoms with E-state index in [1.807, 2.05) is 62.4 Å². The van der Waals surface area contributed by atoms with Crippen LogP contribution in [0.3, 0.4) is 0 Å². The SMILES string of the molecule is CC(C)CC(=O)Nc1ncc(-c2ccccc2)nc1Cc1ccccc1. The lowest BCUT2D eigenvalue weighted by atomic mass is 10.1. The minimum atomic E-state index is -0.0314. The Morgan fingerprint density at radius 3 is 2.31 bits per heavy atom. The van der Waals surface area contributed by atoms with Crippen molar-refractivity contribution in [2.45, 2.75) is 26.7 Å². The number of nitrogens with one attached hydrogen (secondary N) is 1. The van der Waals surface area contributed by atoms with Crippen LogP contribution in [-0.2, 0) is 11.2 Å². The standard InChI is InChI=1S/C22H23N3O/c1-16(2)13-21(26)25-22-19(14-17-9-5-3-6-10-17)24-20(15-23-22)18-11-7-4-8-12-18/h3-12,15-16H,13-14H2,1-2H3,(H,23,25,26). The highest BCUT2D eigenvalue weighted by atomic mass is 16.1. The Morgan fingerprint density at radius 1 is 1.00 bits per heavy atom. The van der Waals surface area contributed by atoms with Gasteiger partial charge in [-0.05, 0) is 11.5 Å². The lowest BCUT2D eigenvalue weighted by Gasteiger charge is -2.12. The van der Waals surface area contributed by atoms with E-state index in [2.05, 4.69) is 22.4 Å². The van der Waals surface area contributed by atoms with Crippen LogP contribution in [-0.4, -0.2) is 15.9 Å². The van der Waals surface area contributed by atoms with Crippen LogP contribution in [0.1, 0.15) is 31.5 Å². The molecule has 0 spiro atoms. The van der Waals surface area contributed by atoms with E-state index < -0.39 is 0 Å². The average molecular weight is 345 g/mol. The molecule has 4 heteroatoms. The maximum Gasteiger partial charge on any atom is 0.225 e. The number of hydrogen-bond acceptors (Lipinski definition) is 3. The first-order valence-corrected chi connectivity index (χ1v) is 8.87. The van der Waals surface area contributed by atoms with Gasteiger partial charge in [0.25, 0.3) is 0 Å². The van der Waals surface area contributed by atoms with Crippen molar-refractivity contribution in [3.05, 3.63) is 78.1 Å². The summed E-state index contributed by atoms with van der Waals surface area (Å²) in [5, 5.41) is 2.93. The van der Waals surface area contributed by atoms with Crippen LogP contribution in [0.2, 0.25) is 0 Å². The van der Waals surface area contributed by atoms with Gasteiger partial charge in [0.1, 0.15) is 0 Å². The molecule has 1 N–H and O–H groups in total. The Kier molecular flexibility index (Phi) is 5.74. The van der Waals surface area contributed by atoms with Crippen LogP contribution in [0.15, 0.2) is 66.9 Å². The number of benzene rings is 2. The second-order valence-corrected chi connectivity index (χ2v) is 6.73. The molecule has 0 radical (unpaired) electrons. The summed E-state index contributed by atoms with van der Waals surface area (Å²) in [5.41, 5.74) is 3.72. The van der Waals surface area contributed by atoms with Gasteiger partial charge in [0, 0.05) is 18.4 Å². The molecular formula is C22H23N3O. The van der Waals surface area contributed by atoms with E-state index in [0.717, 1.165) is 22.5 Å². The second kappa shape index (κ2) is 8.39. The quantitative estimate of drug-likeness (QED) is 0.703. The van der Waals surface area contributed by atoms with Crippen LogP contribution in [0.4, 0.5) is 5.82 Å². The summed E-state index contributed by atoms with van der Waals surface area (Å²) in [7, 11) is 0. The number of carbonyl (C=O) groups excluding carboxylic acids is 1. The predicted octanol–water partition coefficient (Wildman–Crippen LogP) is 4.72. The fourth-order valence-corrected chi connectivity index (χ4v) is 2.75. The summed E-state index contributed by atoms with van der Waals surface area (Å²) in [4.78, 5) is 21.5. The Labute approximate surface area is 154 Å². The molecule has 0 fully saturated rings. The topological polar surface area (TPSA) is 54.9 Å². The van der Waals surface area contributed by atoms with Crippen molar-refractivity contribution in [1.29, 1.82) is 0 Å². The third kappa shape index (κ3) is 4.76. The molecule has 0 aliphatic rings. The monoisotopic (exact) mass is 345 g/mol. The minimum absolute atomic E-state index is 0.0314. The highest BCUT2D eigenvalue weighted by Crippen LogP contribution is 2.22. The van der Waals surface area contributed by atoms with Gasteiger partial charge >= 0.3 is 0 Å². The third-order valence-corrected chi connectivity index (χ3v) is 3.98. The van der Waals surface area contributed by atoms with Crippen molar-refractivity contribution in [3.63, 3.8) is 0 Å². The molecule has 26 heavy (non-hydrogen) atoms. The molecule has 4 nitrogen and oxygen atoms in total. The zero-order valence-corrected chi connectivity index (χ0v) is 15.1. The molecule has 0 aliphatic heterocycles. The van der Waals surface area contributed by atoms with Gasteiger partial charge in [-0.15, -0.1) is 0 Å². The Morgan fingerprint density at radius 2 is 1.65 bits per heavy atom. The smallest absolute Gasteiger partial charge is 0.225 e. The van der Waals surface area contributed by atoms with E-state index in [1.165, 1.54) is 0 Å². The maximum atomic E-state index is 12.2. The fourth-order valence-electron chi connectivity index (χ4n) is 2.75. The Bertz CT molecular complexity index is 861. The number of anilines is 1. The highest BCUT2D eigenvalue weighted by molar-refractivity contribution is 5.90. The first-order valence-electron chi connectivity index (χ1n) is 8.87. The van der Waals surface area contributed by atoms with E-state index >= 15 is 0 Å². The number of carbonyl (C=O) groups is 1. The normalized spacial score (nSPS) is 10.7. The van der Waals surface area contributed by atoms with E-state index in [0.29, 0.717) is 24.6 Å². The number of amides is 1. The number of rotatable bonds is 6. The van der Waals surface area contributed by atoms with E-state index in [9.17, 15) is 4.79 Å². The number of aromatic nitrogens is 2. The molecule has 0 saturated carbocycles. The van der Waals surface area contributed by atoms with Crippen LogP contribution in [0.5, 0.6) is 0 Å². The number of hydrogen-bond donors (Lipinski definition) is 1. The molecule has 0 bridgehead atoms. The first-order chi connectivity index (χ1) is 12.6. The molecule has 0 aliphatic carbocycles. The van der Waals surface area contributed by atoms with E-state index in [-0.39, 0.29) is 5.91 Å². The molecular weight excluding hydrogens is 322 g/mol. The van der Waals surface area contributed by atoms with E-state index in [4.69, 9.17) is 4.98 Å². The lowest BCUT2D eigenvalue weighted by Crippen LogP contribution is -2.17.